The van der Waals surface area contributed by atoms with Crippen LogP contribution in [0.4, 0.5) is 0 Å². The molecule has 0 radical (unpaired) electrons. The Bertz CT molecular complexity index is 1270. The van der Waals surface area contributed by atoms with Crippen LogP contribution in [0.15, 0.2) is 67.0 Å². The number of hydrogen-bond acceptors (Lipinski definition) is 3. The van der Waals surface area contributed by atoms with Crippen LogP contribution in [0.25, 0.3) is 22.2 Å². The van der Waals surface area contributed by atoms with Crippen molar-refractivity contribution in [2.75, 3.05) is 0 Å². The lowest BCUT2D eigenvalue weighted by atomic mass is 10.1. The summed E-state index contributed by atoms with van der Waals surface area (Å²) in [4.78, 5) is 30.9. The minimum atomic E-state index is -0.268. The predicted octanol–water partition coefficient (Wildman–Crippen LogP) is 4.69. The Morgan fingerprint density at radius 1 is 0.931 bits per heavy atom. The molecule has 0 atom stereocenters. The Hall–Kier alpha value is -3.44. The summed E-state index contributed by atoms with van der Waals surface area (Å²) >= 11 is 6.14. The lowest BCUT2D eigenvalue weighted by Crippen LogP contribution is -2.29. The molecule has 1 aliphatic heterocycles. The van der Waals surface area contributed by atoms with Crippen LogP contribution in [-0.2, 0) is 13.6 Å². The third-order valence-corrected chi connectivity index (χ3v) is 5.55. The molecule has 5 rings (SSSR count). The average molecular weight is 402 g/mol. The quantitative estimate of drug-likeness (QED) is 0.468. The number of nitrogens with zero attached hydrogens (tertiary/aromatic N) is 3. The van der Waals surface area contributed by atoms with E-state index in [2.05, 4.69) is 15.6 Å². The van der Waals surface area contributed by atoms with Gasteiger partial charge in [-0.05, 0) is 42.0 Å². The van der Waals surface area contributed by atoms with Gasteiger partial charge < -0.3 is 4.57 Å². The fraction of sp³-hybridized carbons (Fsp3) is 0.0870. The molecule has 2 aromatic heterocycles. The van der Waals surface area contributed by atoms with Crippen LogP contribution < -0.4 is 0 Å². The van der Waals surface area contributed by atoms with Crippen molar-refractivity contribution in [2.45, 2.75) is 6.54 Å². The molecule has 0 saturated carbocycles. The van der Waals surface area contributed by atoms with E-state index in [9.17, 15) is 9.59 Å². The van der Waals surface area contributed by atoms with E-state index in [4.69, 9.17) is 11.6 Å². The van der Waals surface area contributed by atoms with E-state index in [1.807, 2.05) is 31.3 Å². The second kappa shape index (κ2) is 6.57. The van der Waals surface area contributed by atoms with Gasteiger partial charge in [0, 0.05) is 40.9 Å². The second-order valence-corrected chi connectivity index (χ2v) is 7.55. The number of fused-ring (bicyclic) bond motifs is 2. The summed E-state index contributed by atoms with van der Waals surface area (Å²) < 4.78 is 2.06. The van der Waals surface area contributed by atoms with Crippen LogP contribution in [0.3, 0.4) is 0 Å². The predicted molar refractivity (Wildman–Crippen MR) is 112 cm³/mol. The van der Waals surface area contributed by atoms with Crippen LogP contribution in [0.5, 0.6) is 0 Å². The van der Waals surface area contributed by atoms with Gasteiger partial charge in [-0.3, -0.25) is 19.5 Å². The van der Waals surface area contributed by atoms with Gasteiger partial charge in [0.05, 0.1) is 23.4 Å². The van der Waals surface area contributed by atoms with E-state index >= 15 is 0 Å². The number of hydrogen-bond donors (Lipinski definition) is 0. The number of amides is 2. The van der Waals surface area contributed by atoms with Crippen LogP contribution in [-0.4, -0.2) is 26.3 Å². The molecule has 29 heavy (non-hydrogen) atoms. The number of aryl methyl sites for hydroxylation is 1. The maximum absolute atomic E-state index is 12.6. The van der Waals surface area contributed by atoms with E-state index in [0.29, 0.717) is 16.1 Å². The van der Waals surface area contributed by atoms with Crippen molar-refractivity contribution in [3.63, 3.8) is 0 Å². The number of imide groups is 1. The highest BCUT2D eigenvalue weighted by Crippen LogP contribution is 2.30. The number of carbonyl (C=O) groups is 2. The zero-order valence-electron chi connectivity index (χ0n) is 15.6. The Balaban J connectivity index is 1.50. The van der Waals surface area contributed by atoms with Crippen molar-refractivity contribution in [3.05, 3.63) is 88.7 Å². The topological polar surface area (TPSA) is 55.2 Å². The van der Waals surface area contributed by atoms with Crippen molar-refractivity contribution in [1.82, 2.24) is 14.5 Å². The molecule has 3 heterocycles. The highest BCUT2D eigenvalue weighted by Gasteiger charge is 2.35. The van der Waals surface area contributed by atoms with Gasteiger partial charge in [-0.1, -0.05) is 29.8 Å². The maximum Gasteiger partial charge on any atom is 0.261 e. The number of carbonyl (C=O) groups excluding carboxylic acids is 2. The molecule has 0 aliphatic carbocycles. The number of benzene rings is 2. The summed E-state index contributed by atoms with van der Waals surface area (Å²) in [5, 5.41) is 1.76. The Morgan fingerprint density at radius 2 is 1.66 bits per heavy atom. The lowest BCUT2D eigenvalue weighted by molar-refractivity contribution is 0.0642. The van der Waals surface area contributed by atoms with Crippen LogP contribution in [0, 0.1) is 0 Å². The molecule has 5 nitrogen and oxygen atoms in total. The third kappa shape index (κ3) is 2.82. The molecular formula is C23H16ClN3O2. The van der Waals surface area contributed by atoms with Gasteiger partial charge >= 0.3 is 0 Å². The monoisotopic (exact) mass is 401 g/mol. The highest BCUT2D eigenvalue weighted by molar-refractivity contribution is 6.31. The normalized spacial score (nSPS) is 13.4. The molecule has 1 aliphatic rings. The third-order valence-electron chi connectivity index (χ3n) is 5.32. The highest BCUT2D eigenvalue weighted by atomic mass is 35.5. The first-order chi connectivity index (χ1) is 14.0. The lowest BCUT2D eigenvalue weighted by Gasteiger charge is -2.14. The van der Waals surface area contributed by atoms with Gasteiger partial charge in [0.15, 0.2) is 0 Å². The fourth-order valence-corrected chi connectivity index (χ4v) is 4.03. The zero-order valence-corrected chi connectivity index (χ0v) is 16.3. The smallest absolute Gasteiger partial charge is 0.261 e. The molecule has 6 heteroatoms. The molecule has 0 unspecified atom stereocenters. The van der Waals surface area contributed by atoms with Gasteiger partial charge in [0.2, 0.25) is 0 Å². The van der Waals surface area contributed by atoms with E-state index in [1.165, 1.54) is 4.90 Å². The zero-order chi connectivity index (χ0) is 20.1. The Morgan fingerprint density at radius 3 is 2.38 bits per heavy atom. The second-order valence-electron chi connectivity index (χ2n) is 7.12. The van der Waals surface area contributed by atoms with Gasteiger partial charge in [-0.15, -0.1) is 0 Å². The molecule has 0 N–H and O–H groups in total. The van der Waals surface area contributed by atoms with Crippen LogP contribution in [0.1, 0.15) is 26.3 Å². The van der Waals surface area contributed by atoms with E-state index < -0.39 is 0 Å². The summed E-state index contributed by atoms with van der Waals surface area (Å²) in [5.74, 6) is -0.537. The van der Waals surface area contributed by atoms with Crippen molar-refractivity contribution in [3.8, 4) is 11.3 Å². The van der Waals surface area contributed by atoms with Gasteiger partial charge in [0.1, 0.15) is 0 Å². The summed E-state index contributed by atoms with van der Waals surface area (Å²) in [5.41, 5.74) is 4.62. The molecule has 2 aromatic carbocycles. The average Bonchev–Trinajstić information content (AvgIpc) is 3.18. The molecular weight excluding hydrogens is 386 g/mol. The van der Waals surface area contributed by atoms with E-state index in [-0.39, 0.29) is 18.4 Å². The minimum Gasteiger partial charge on any atom is -0.344 e. The summed E-state index contributed by atoms with van der Waals surface area (Å²) in [6.45, 7) is 0.183. The minimum absolute atomic E-state index is 0.183. The maximum atomic E-state index is 12.6. The van der Waals surface area contributed by atoms with E-state index in [0.717, 1.165) is 27.7 Å². The SMILES string of the molecule is Cn1c(-c2cncc(CN3C(=O)c4ccccc4C3=O)c2)cc2ccc(Cl)cc21. The standard InChI is InChI=1S/C23H16ClN3O2/c1-26-20(9-15-6-7-17(24)10-21(15)26)16-8-14(11-25-12-16)13-27-22(28)18-4-2-3-5-19(18)23(27)29/h2-12H,13H2,1H3. The molecule has 0 fully saturated rings. The fourth-order valence-electron chi connectivity index (χ4n) is 3.86. The largest absolute Gasteiger partial charge is 0.344 e. The number of aromatic nitrogens is 2. The number of rotatable bonds is 3. The van der Waals surface area contributed by atoms with E-state index in [1.54, 1.807) is 36.7 Å². The molecule has 0 saturated heterocycles. The molecule has 2 amide bonds. The number of halogens is 1. The van der Waals surface area contributed by atoms with Crippen LogP contribution >= 0.6 is 11.6 Å². The molecule has 0 bridgehead atoms. The molecule has 4 aromatic rings. The summed E-state index contributed by atoms with van der Waals surface area (Å²) in [6, 6.07) is 16.7. The van der Waals surface area contributed by atoms with Gasteiger partial charge in [-0.25, -0.2) is 0 Å². The Kier molecular flexibility index (Phi) is 4.00. The van der Waals surface area contributed by atoms with Crippen molar-refractivity contribution >= 4 is 34.3 Å². The summed E-state index contributed by atoms with van der Waals surface area (Å²) in [7, 11) is 1.98. The first-order valence-corrected chi connectivity index (χ1v) is 9.55. The van der Waals surface area contributed by atoms with Crippen molar-refractivity contribution in [1.29, 1.82) is 0 Å². The first-order valence-electron chi connectivity index (χ1n) is 9.17. The summed E-state index contributed by atoms with van der Waals surface area (Å²) in [6.07, 6.45) is 3.47. The number of pyridine rings is 1. The molecule has 0 spiro atoms. The van der Waals surface area contributed by atoms with Crippen LogP contribution in [0.2, 0.25) is 5.02 Å². The Labute approximate surface area is 172 Å². The van der Waals surface area contributed by atoms with Gasteiger partial charge in [0.25, 0.3) is 11.8 Å². The van der Waals surface area contributed by atoms with Crippen molar-refractivity contribution in [2.24, 2.45) is 7.05 Å². The first kappa shape index (κ1) is 17.6. The van der Waals surface area contributed by atoms with Gasteiger partial charge in [-0.2, -0.15) is 0 Å². The molecule has 142 valence electrons. The van der Waals surface area contributed by atoms with Crippen molar-refractivity contribution < 1.29 is 9.59 Å².